The van der Waals surface area contributed by atoms with Gasteiger partial charge in [0, 0.05) is 29.8 Å². The molecule has 1 fully saturated rings. The van der Waals surface area contributed by atoms with Crippen molar-refractivity contribution in [3.8, 4) is 17.2 Å². The number of esters is 1. The van der Waals surface area contributed by atoms with E-state index in [1.165, 1.54) is 45.5 Å². The normalized spacial score (nSPS) is 16.4. The van der Waals surface area contributed by atoms with Gasteiger partial charge in [0.15, 0.2) is 17.2 Å². The van der Waals surface area contributed by atoms with Gasteiger partial charge in [-0.25, -0.2) is 14.2 Å². The Bertz CT molecular complexity index is 1020. The number of hydrogen-bond donors (Lipinski definition) is 2. The molecular weight excluding hydrogens is 443 g/mol. The number of nitrogens with zero attached hydrogens (tertiary/aromatic N) is 1. The number of carbonyl (C=O) groups is 2. The summed E-state index contributed by atoms with van der Waals surface area (Å²) in [6.45, 7) is 3.29. The first-order valence-corrected chi connectivity index (χ1v) is 11.3. The predicted octanol–water partition coefficient (Wildman–Crippen LogP) is 3.97. The molecule has 0 unspecified atom stereocenters. The lowest BCUT2D eigenvalue weighted by Gasteiger charge is -2.31. The highest BCUT2D eigenvalue weighted by Gasteiger charge is 2.35. The van der Waals surface area contributed by atoms with Crippen molar-refractivity contribution in [3.05, 3.63) is 47.5 Å². The zero-order chi connectivity index (χ0) is 24.8. The lowest BCUT2D eigenvalue weighted by atomic mass is 9.80. The van der Waals surface area contributed by atoms with Gasteiger partial charge in [0.05, 0.1) is 14.2 Å². The van der Waals surface area contributed by atoms with E-state index in [9.17, 15) is 19.1 Å². The highest BCUT2D eigenvalue weighted by Crippen LogP contribution is 2.43. The molecule has 0 aliphatic heterocycles. The third-order valence-corrected chi connectivity index (χ3v) is 6.29. The summed E-state index contributed by atoms with van der Waals surface area (Å²) in [5.41, 5.74) is 0.533. The predicted molar refractivity (Wildman–Crippen MR) is 123 cm³/mol. The Morgan fingerprint density at radius 1 is 1.12 bits per heavy atom. The fourth-order valence-electron chi connectivity index (χ4n) is 4.62. The van der Waals surface area contributed by atoms with Gasteiger partial charge in [0.25, 0.3) is 5.91 Å². The second-order valence-electron chi connectivity index (χ2n) is 8.50. The second-order valence-corrected chi connectivity index (χ2v) is 8.50. The number of pyridine rings is 1. The number of ether oxygens (including phenoxy) is 3. The van der Waals surface area contributed by atoms with Crippen LogP contribution in [0.15, 0.2) is 30.5 Å². The molecule has 1 aliphatic rings. The first-order valence-electron chi connectivity index (χ1n) is 11.3. The quantitative estimate of drug-likeness (QED) is 0.530. The van der Waals surface area contributed by atoms with Crippen LogP contribution >= 0.6 is 0 Å². The molecule has 2 aromatic rings. The molecule has 1 aromatic heterocycles. The summed E-state index contributed by atoms with van der Waals surface area (Å²) in [6.07, 6.45) is 4.88. The van der Waals surface area contributed by atoms with Gasteiger partial charge >= 0.3 is 5.97 Å². The van der Waals surface area contributed by atoms with Crippen LogP contribution in [0.2, 0.25) is 0 Å². The van der Waals surface area contributed by atoms with Crippen molar-refractivity contribution in [2.75, 3.05) is 14.2 Å². The van der Waals surface area contributed by atoms with Crippen LogP contribution in [0.25, 0.3) is 0 Å². The SMILES string of the molecule is COc1cc(F)ccc1[C@H](C1CCCC1)[C@H](C)OC(=O)[C@H](C)NC(=O)c1nccc(OC)c1O. The molecule has 1 saturated carbocycles. The van der Waals surface area contributed by atoms with Gasteiger partial charge < -0.3 is 24.6 Å². The standard InChI is InChI=1S/C25H31FN2O6/c1-14(28-24(30)22-23(29)19(32-3)11-12-27-22)25(31)34-15(2)21(16-7-5-6-8-16)18-10-9-17(26)13-20(18)33-4/h9-16,21,29H,5-8H2,1-4H3,(H,28,30)/t14-,15-,21-/m0/s1. The average Bonchev–Trinajstić information content (AvgIpc) is 3.34. The summed E-state index contributed by atoms with van der Waals surface area (Å²) in [5, 5.41) is 12.6. The van der Waals surface area contributed by atoms with Gasteiger partial charge in [-0.1, -0.05) is 18.9 Å². The number of carbonyl (C=O) groups excluding carboxylic acids is 2. The van der Waals surface area contributed by atoms with Crippen LogP contribution in [0.4, 0.5) is 4.39 Å². The highest BCUT2D eigenvalue weighted by atomic mass is 19.1. The first kappa shape index (κ1) is 25.3. The minimum Gasteiger partial charge on any atom is -0.503 e. The Balaban J connectivity index is 1.74. The van der Waals surface area contributed by atoms with Gasteiger partial charge in [0.1, 0.15) is 23.7 Å². The Kier molecular flexibility index (Phi) is 8.31. The minimum atomic E-state index is -0.998. The molecule has 1 aliphatic carbocycles. The van der Waals surface area contributed by atoms with E-state index < -0.39 is 35.6 Å². The van der Waals surface area contributed by atoms with E-state index in [1.807, 2.05) is 0 Å². The molecule has 34 heavy (non-hydrogen) atoms. The maximum atomic E-state index is 13.8. The molecule has 1 amide bonds. The van der Waals surface area contributed by atoms with Crippen LogP contribution in [0, 0.1) is 11.7 Å². The van der Waals surface area contributed by atoms with Gasteiger partial charge in [-0.3, -0.25) is 4.79 Å². The van der Waals surface area contributed by atoms with Crippen molar-refractivity contribution in [3.63, 3.8) is 0 Å². The Labute approximate surface area is 198 Å². The molecule has 0 saturated heterocycles. The zero-order valence-electron chi connectivity index (χ0n) is 19.8. The van der Waals surface area contributed by atoms with Crippen LogP contribution in [-0.4, -0.2) is 48.3 Å². The van der Waals surface area contributed by atoms with E-state index in [0.29, 0.717) is 5.75 Å². The van der Waals surface area contributed by atoms with E-state index in [0.717, 1.165) is 31.2 Å². The molecule has 0 spiro atoms. The van der Waals surface area contributed by atoms with E-state index in [2.05, 4.69) is 10.3 Å². The number of benzene rings is 1. The van der Waals surface area contributed by atoms with Crippen molar-refractivity contribution >= 4 is 11.9 Å². The molecule has 2 N–H and O–H groups in total. The summed E-state index contributed by atoms with van der Waals surface area (Å²) < 4.78 is 30.0. The number of nitrogens with one attached hydrogen (secondary N) is 1. The number of amides is 1. The van der Waals surface area contributed by atoms with Crippen LogP contribution < -0.4 is 14.8 Å². The maximum Gasteiger partial charge on any atom is 0.328 e. The maximum absolute atomic E-state index is 13.8. The third kappa shape index (κ3) is 5.58. The van der Waals surface area contributed by atoms with Crippen LogP contribution in [0.1, 0.15) is 61.5 Å². The second kappa shape index (κ2) is 11.2. The van der Waals surface area contributed by atoms with E-state index in [-0.39, 0.29) is 23.3 Å². The van der Waals surface area contributed by atoms with Crippen molar-refractivity contribution in [2.45, 2.75) is 57.6 Å². The molecule has 3 atom stereocenters. The molecule has 0 radical (unpaired) electrons. The van der Waals surface area contributed by atoms with Gasteiger partial charge in [-0.15, -0.1) is 0 Å². The van der Waals surface area contributed by atoms with Gasteiger partial charge in [0.2, 0.25) is 0 Å². The number of rotatable bonds is 9. The summed E-state index contributed by atoms with van der Waals surface area (Å²) in [4.78, 5) is 29.3. The number of aromatic hydroxyl groups is 1. The van der Waals surface area contributed by atoms with E-state index >= 15 is 0 Å². The minimum absolute atomic E-state index is 0.0941. The number of hydrogen-bond acceptors (Lipinski definition) is 7. The van der Waals surface area contributed by atoms with Gasteiger partial charge in [-0.05, 0) is 38.7 Å². The highest BCUT2D eigenvalue weighted by molar-refractivity contribution is 5.97. The van der Waals surface area contributed by atoms with Gasteiger partial charge in [-0.2, -0.15) is 0 Å². The lowest BCUT2D eigenvalue weighted by molar-refractivity contribution is -0.151. The van der Waals surface area contributed by atoms with Crippen molar-refractivity contribution in [1.82, 2.24) is 10.3 Å². The number of aromatic nitrogens is 1. The number of halogens is 1. The lowest BCUT2D eigenvalue weighted by Crippen LogP contribution is -2.42. The molecule has 8 nitrogen and oxygen atoms in total. The molecule has 1 heterocycles. The van der Waals surface area contributed by atoms with Crippen molar-refractivity contribution in [2.24, 2.45) is 5.92 Å². The molecule has 9 heteroatoms. The van der Waals surface area contributed by atoms with Crippen LogP contribution in [0.5, 0.6) is 17.2 Å². The molecule has 3 rings (SSSR count). The zero-order valence-corrected chi connectivity index (χ0v) is 19.8. The largest absolute Gasteiger partial charge is 0.503 e. The summed E-state index contributed by atoms with van der Waals surface area (Å²) >= 11 is 0. The number of methoxy groups -OCH3 is 2. The smallest absolute Gasteiger partial charge is 0.328 e. The fraction of sp³-hybridized carbons (Fsp3) is 0.480. The average molecular weight is 475 g/mol. The Morgan fingerprint density at radius 2 is 1.79 bits per heavy atom. The van der Waals surface area contributed by atoms with Crippen LogP contribution in [0.3, 0.4) is 0 Å². The molecule has 1 aromatic carbocycles. The summed E-state index contributed by atoms with van der Waals surface area (Å²) in [6, 6.07) is 4.82. The van der Waals surface area contributed by atoms with E-state index in [1.54, 1.807) is 13.0 Å². The fourth-order valence-corrected chi connectivity index (χ4v) is 4.62. The summed E-state index contributed by atoms with van der Waals surface area (Å²) in [5.74, 6) is -1.60. The molecular formula is C25H31FN2O6. The van der Waals surface area contributed by atoms with Crippen molar-refractivity contribution in [1.29, 1.82) is 0 Å². The van der Waals surface area contributed by atoms with Crippen molar-refractivity contribution < 1.29 is 33.3 Å². The first-order chi connectivity index (χ1) is 16.3. The van der Waals surface area contributed by atoms with Crippen LogP contribution in [-0.2, 0) is 9.53 Å². The Hall–Kier alpha value is -3.36. The third-order valence-electron chi connectivity index (χ3n) is 6.29. The monoisotopic (exact) mass is 474 g/mol. The van der Waals surface area contributed by atoms with E-state index in [4.69, 9.17) is 14.2 Å². The summed E-state index contributed by atoms with van der Waals surface area (Å²) in [7, 11) is 2.84. The molecule has 184 valence electrons. The Morgan fingerprint density at radius 3 is 2.44 bits per heavy atom. The topological polar surface area (TPSA) is 107 Å². The molecule has 0 bridgehead atoms.